The van der Waals surface area contributed by atoms with Crippen LogP contribution in [0.2, 0.25) is 0 Å². The van der Waals surface area contributed by atoms with Gasteiger partial charge in [-0.15, -0.1) is 10.2 Å². The van der Waals surface area contributed by atoms with Crippen LogP contribution in [0.4, 0.5) is 0 Å². The number of ether oxygens (including phenoxy) is 1. The molecule has 2 heterocycles. The Morgan fingerprint density at radius 3 is 2.55 bits per heavy atom. The lowest BCUT2D eigenvalue weighted by molar-refractivity contribution is 0.220. The van der Waals surface area contributed by atoms with Gasteiger partial charge in [-0.25, -0.2) is 0 Å². The van der Waals surface area contributed by atoms with E-state index in [1.165, 1.54) is 32.4 Å². The summed E-state index contributed by atoms with van der Waals surface area (Å²) in [6.07, 6.45) is 5.12. The molecule has 22 heavy (non-hydrogen) atoms. The molecule has 3 rings (SSSR count). The zero-order valence-electron chi connectivity index (χ0n) is 13.1. The minimum atomic E-state index is 0.667. The fourth-order valence-corrected chi connectivity index (χ4v) is 2.81. The van der Waals surface area contributed by atoms with Gasteiger partial charge in [-0.3, -0.25) is 0 Å². The SMILES string of the molecule is COc1ccc(-c2nnn(CCCN3CCCCC3)n2)cc1. The Morgan fingerprint density at radius 2 is 1.82 bits per heavy atom. The Balaban J connectivity index is 1.51. The molecule has 118 valence electrons. The van der Waals surface area contributed by atoms with Crippen LogP contribution < -0.4 is 4.74 Å². The number of hydrogen-bond acceptors (Lipinski definition) is 5. The molecule has 0 unspecified atom stereocenters. The van der Waals surface area contributed by atoms with Gasteiger partial charge in [0.1, 0.15) is 5.75 Å². The Bertz CT molecular complexity index is 574. The molecule has 1 fully saturated rings. The van der Waals surface area contributed by atoms with Crippen LogP contribution in [-0.4, -0.2) is 51.9 Å². The summed E-state index contributed by atoms with van der Waals surface area (Å²) in [6, 6.07) is 7.72. The van der Waals surface area contributed by atoms with E-state index in [-0.39, 0.29) is 0 Å². The van der Waals surface area contributed by atoms with E-state index in [4.69, 9.17) is 4.74 Å². The number of aryl methyl sites for hydroxylation is 1. The number of likely N-dealkylation sites (tertiary alicyclic amines) is 1. The van der Waals surface area contributed by atoms with E-state index in [0.29, 0.717) is 5.82 Å². The van der Waals surface area contributed by atoms with Crippen molar-refractivity contribution in [2.24, 2.45) is 0 Å². The van der Waals surface area contributed by atoms with Crippen molar-refractivity contribution in [3.8, 4) is 17.1 Å². The van der Waals surface area contributed by atoms with Gasteiger partial charge in [0, 0.05) is 5.56 Å². The van der Waals surface area contributed by atoms with E-state index < -0.39 is 0 Å². The predicted molar refractivity (Wildman–Crippen MR) is 84.7 cm³/mol. The van der Waals surface area contributed by atoms with Crippen molar-refractivity contribution in [3.63, 3.8) is 0 Å². The third kappa shape index (κ3) is 3.82. The fourth-order valence-electron chi connectivity index (χ4n) is 2.81. The molecule has 1 aliphatic rings. The van der Waals surface area contributed by atoms with Gasteiger partial charge in [0.05, 0.1) is 13.7 Å². The Morgan fingerprint density at radius 1 is 1.05 bits per heavy atom. The number of hydrogen-bond donors (Lipinski definition) is 0. The molecule has 0 amide bonds. The van der Waals surface area contributed by atoms with Crippen LogP contribution >= 0.6 is 0 Å². The second kappa shape index (κ2) is 7.35. The number of piperidine rings is 1. The van der Waals surface area contributed by atoms with Gasteiger partial charge in [-0.05, 0) is 68.4 Å². The van der Waals surface area contributed by atoms with Crippen LogP contribution in [0.25, 0.3) is 11.4 Å². The molecule has 6 heteroatoms. The van der Waals surface area contributed by atoms with Crippen molar-refractivity contribution in [2.75, 3.05) is 26.7 Å². The van der Waals surface area contributed by atoms with E-state index in [1.54, 1.807) is 11.9 Å². The third-order valence-corrected chi connectivity index (χ3v) is 4.08. The summed E-state index contributed by atoms with van der Waals surface area (Å²) < 4.78 is 5.15. The molecule has 0 spiro atoms. The minimum absolute atomic E-state index is 0.667. The molecule has 0 N–H and O–H groups in total. The highest BCUT2D eigenvalue weighted by Crippen LogP contribution is 2.18. The molecule has 1 aromatic carbocycles. The van der Waals surface area contributed by atoms with Gasteiger partial charge in [0.2, 0.25) is 5.82 Å². The highest BCUT2D eigenvalue weighted by Gasteiger charge is 2.10. The molecule has 2 aromatic rings. The number of aromatic nitrogens is 4. The maximum atomic E-state index is 5.15. The second-order valence-corrected chi connectivity index (χ2v) is 5.69. The van der Waals surface area contributed by atoms with Gasteiger partial charge in [-0.1, -0.05) is 6.42 Å². The minimum Gasteiger partial charge on any atom is -0.497 e. The summed E-state index contributed by atoms with van der Waals surface area (Å²) in [5.74, 6) is 1.50. The van der Waals surface area contributed by atoms with Crippen LogP contribution in [0.15, 0.2) is 24.3 Å². The van der Waals surface area contributed by atoms with Gasteiger partial charge < -0.3 is 9.64 Å². The lowest BCUT2D eigenvalue weighted by Crippen LogP contribution is -2.31. The average Bonchev–Trinajstić information content (AvgIpc) is 3.05. The van der Waals surface area contributed by atoms with E-state index in [9.17, 15) is 0 Å². The van der Waals surface area contributed by atoms with Crippen molar-refractivity contribution < 1.29 is 4.74 Å². The molecule has 1 saturated heterocycles. The lowest BCUT2D eigenvalue weighted by Gasteiger charge is -2.26. The maximum Gasteiger partial charge on any atom is 0.204 e. The van der Waals surface area contributed by atoms with Crippen molar-refractivity contribution >= 4 is 0 Å². The van der Waals surface area contributed by atoms with Gasteiger partial charge in [0.25, 0.3) is 0 Å². The molecule has 1 aliphatic heterocycles. The number of benzene rings is 1. The zero-order chi connectivity index (χ0) is 15.2. The Labute approximate surface area is 131 Å². The van der Waals surface area contributed by atoms with Crippen molar-refractivity contribution in [1.82, 2.24) is 25.1 Å². The largest absolute Gasteiger partial charge is 0.497 e. The van der Waals surface area contributed by atoms with Gasteiger partial charge in [0.15, 0.2) is 0 Å². The summed E-state index contributed by atoms with van der Waals surface area (Å²) in [5.41, 5.74) is 0.961. The normalized spacial score (nSPS) is 15.9. The van der Waals surface area contributed by atoms with Crippen LogP contribution in [0.1, 0.15) is 25.7 Å². The molecule has 1 aromatic heterocycles. The van der Waals surface area contributed by atoms with E-state index in [0.717, 1.165) is 30.8 Å². The first-order valence-corrected chi connectivity index (χ1v) is 8.00. The average molecular weight is 301 g/mol. The first-order valence-electron chi connectivity index (χ1n) is 8.00. The number of nitrogens with zero attached hydrogens (tertiary/aromatic N) is 5. The molecule has 0 bridgehead atoms. The maximum absolute atomic E-state index is 5.15. The van der Waals surface area contributed by atoms with Crippen LogP contribution in [0.3, 0.4) is 0 Å². The fraction of sp³-hybridized carbons (Fsp3) is 0.562. The van der Waals surface area contributed by atoms with Crippen LogP contribution in [-0.2, 0) is 6.54 Å². The molecule has 6 nitrogen and oxygen atoms in total. The van der Waals surface area contributed by atoms with Gasteiger partial charge >= 0.3 is 0 Å². The number of rotatable bonds is 6. The third-order valence-electron chi connectivity index (χ3n) is 4.08. The van der Waals surface area contributed by atoms with E-state index in [1.807, 2.05) is 24.3 Å². The molecule has 0 radical (unpaired) electrons. The first kappa shape index (κ1) is 15.0. The second-order valence-electron chi connectivity index (χ2n) is 5.69. The van der Waals surface area contributed by atoms with Crippen LogP contribution in [0.5, 0.6) is 5.75 Å². The molecular formula is C16H23N5O. The predicted octanol–water partition coefficient (Wildman–Crippen LogP) is 2.22. The Hall–Kier alpha value is -1.95. The summed E-state index contributed by atoms with van der Waals surface area (Å²) in [5, 5.41) is 12.7. The van der Waals surface area contributed by atoms with Crippen molar-refractivity contribution in [3.05, 3.63) is 24.3 Å². The quantitative estimate of drug-likeness (QED) is 0.819. The molecule has 0 atom stereocenters. The van der Waals surface area contributed by atoms with E-state index >= 15 is 0 Å². The summed E-state index contributed by atoms with van der Waals surface area (Å²) >= 11 is 0. The number of methoxy groups -OCH3 is 1. The molecule has 0 saturated carbocycles. The first-order chi connectivity index (χ1) is 10.8. The zero-order valence-corrected chi connectivity index (χ0v) is 13.1. The monoisotopic (exact) mass is 301 g/mol. The van der Waals surface area contributed by atoms with Crippen molar-refractivity contribution in [1.29, 1.82) is 0 Å². The Kier molecular flexibility index (Phi) is 5.00. The van der Waals surface area contributed by atoms with Gasteiger partial charge in [-0.2, -0.15) is 4.80 Å². The number of tetrazole rings is 1. The smallest absolute Gasteiger partial charge is 0.204 e. The van der Waals surface area contributed by atoms with Crippen LogP contribution in [0, 0.1) is 0 Å². The summed E-state index contributed by atoms with van der Waals surface area (Å²) in [6.45, 7) is 4.42. The lowest BCUT2D eigenvalue weighted by atomic mass is 10.1. The standard InChI is InChI=1S/C16H23N5O/c1-22-15-8-6-14(7-9-15)16-17-19-21(18-16)13-5-12-20-10-3-2-4-11-20/h6-9H,2-5,10-13H2,1H3. The van der Waals surface area contributed by atoms with Crippen molar-refractivity contribution in [2.45, 2.75) is 32.2 Å². The highest BCUT2D eigenvalue weighted by atomic mass is 16.5. The van der Waals surface area contributed by atoms with E-state index in [2.05, 4.69) is 20.3 Å². The summed E-state index contributed by atoms with van der Waals surface area (Å²) in [7, 11) is 1.66. The molecule has 0 aliphatic carbocycles. The highest BCUT2D eigenvalue weighted by molar-refractivity contribution is 5.55. The molecular weight excluding hydrogens is 278 g/mol. The summed E-state index contributed by atoms with van der Waals surface area (Å²) in [4.78, 5) is 4.23. The topological polar surface area (TPSA) is 56.1 Å².